The fraction of sp³-hybridized carbons (Fsp3) is 0.579. The minimum Gasteiger partial charge on any atom is -0.459 e. The van der Waals surface area contributed by atoms with Crippen molar-refractivity contribution in [1.29, 1.82) is 5.26 Å². The molecule has 2 N–H and O–H groups in total. The van der Waals surface area contributed by atoms with Gasteiger partial charge < -0.3 is 19.8 Å². The summed E-state index contributed by atoms with van der Waals surface area (Å²) in [5.74, 6) is -1.69. The molecule has 0 saturated heterocycles. The van der Waals surface area contributed by atoms with Crippen molar-refractivity contribution in [2.24, 2.45) is 5.92 Å². The molecule has 146 valence electrons. The number of carbonyl (C=O) groups excluding carboxylic acids is 3. The van der Waals surface area contributed by atoms with Gasteiger partial charge in [0.15, 0.2) is 6.61 Å². The summed E-state index contributed by atoms with van der Waals surface area (Å²) in [5.41, 5.74) is 0.326. The van der Waals surface area contributed by atoms with Crippen molar-refractivity contribution in [3.05, 3.63) is 22.5 Å². The number of aryl methyl sites for hydroxylation is 1. The van der Waals surface area contributed by atoms with E-state index in [1.54, 1.807) is 34.6 Å². The zero-order chi connectivity index (χ0) is 20.4. The molecule has 0 radical (unpaired) electrons. The van der Waals surface area contributed by atoms with E-state index >= 15 is 0 Å². The number of hydrogen-bond donors (Lipinski definition) is 2. The number of esters is 2. The lowest BCUT2D eigenvalue weighted by Gasteiger charge is -2.22. The number of rotatable bonds is 7. The Labute approximate surface area is 158 Å². The second-order valence-electron chi connectivity index (χ2n) is 7.29. The van der Waals surface area contributed by atoms with Crippen molar-refractivity contribution < 1.29 is 23.9 Å². The molecular weight excluding hydrogens is 350 g/mol. The SMILES string of the molecule is Cc1[nH]c(C(=O)OCC(=O)N[C@@](C)(C#N)C2CC2)c(C)c1C(=O)OC(C)C. The first kappa shape index (κ1) is 20.5. The zero-order valence-electron chi connectivity index (χ0n) is 16.3. The molecule has 0 aromatic carbocycles. The molecule has 1 atom stereocenters. The van der Waals surface area contributed by atoms with Crippen LogP contribution in [0.2, 0.25) is 0 Å². The number of nitrogens with one attached hydrogen (secondary N) is 2. The van der Waals surface area contributed by atoms with E-state index in [0.717, 1.165) is 12.8 Å². The zero-order valence-corrected chi connectivity index (χ0v) is 16.3. The van der Waals surface area contributed by atoms with Gasteiger partial charge in [-0.1, -0.05) is 0 Å². The van der Waals surface area contributed by atoms with Crippen LogP contribution in [0.5, 0.6) is 0 Å². The predicted molar refractivity (Wildman–Crippen MR) is 96.0 cm³/mol. The molecule has 1 amide bonds. The van der Waals surface area contributed by atoms with Crippen molar-refractivity contribution in [3.8, 4) is 6.07 Å². The summed E-state index contributed by atoms with van der Waals surface area (Å²) in [6.07, 6.45) is 1.49. The van der Waals surface area contributed by atoms with Gasteiger partial charge in [0, 0.05) is 5.69 Å². The van der Waals surface area contributed by atoms with Gasteiger partial charge in [0.1, 0.15) is 11.2 Å². The lowest BCUT2D eigenvalue weighted by atomic mass is 9.98. The molecule has 1 saturated carbocycles. The Morgan fingerprint density at radius 2 is 1.93 bits per heavy atom. The van der Waals surface area contributed by atoms with Crippen LogP contribution in [0.15, 0.2) is 0 Å². The summed E-state index contributed by atoms with van der Waals surface area (Å²) in [6, 6.07) is 2.11. The largest absolute Gasteiger partial charge is 0.459 e. The molecular formula is C19H25N3O5. The first-order valence-corrected chi connectivity index (χ1v) is 8.88. The second-order valence-corrected chi connectivity index (χ2v) is 7.29. The van der Waals surface area contributed by atoms with Crippen LogP contribution in [0.3, 0.4) is 0 Å². The minimum absolute atomic E-state index is 0.0984. The van der Waals surface area contributed by atoms with E-state index in [0.29, 0.717) is 11.3 Å². The molecule has 0 bridgehead atoms. The highest BCUT2D eigenvalue weighted by atomic mass is 16.5. The number of nitrogens with zero attached hydrogens (tertiary/aromatic N) is 1. The number of hydrogen-bond acceptors (Lipinski definition) is 6. The first-order chi connectivity index (χ1) is 12.6. The molecule has 2 rings (SSSR count). The van der Waals surface area contributed by atoms with Gasteiger partial charge in [0.05, 0.1) is 17.7 Å². The monoisotopic (exact) mass is 375 g/mol. The molecule has 8 heteroatoms. The van der Waals surface area contributed by atoms with Gasteiger partial charge in [-0.05, 0) is 58.9 Å². The molecule has 1 aliphatic rings. The van der Waals surface area contributed by atoms with E-state index in [1.165, 1.54) is 0 Å². The highest BCUT2D eigenvalue weighted by molar-refractivity contribution is 5.99. The van der Waals surface area contributed by atoms with E-state index < -0.39 is 30.0 Å². The fourth-order valence-electron chi connectivity index (χ4n) is 2.94. The first-order valence-electron chi connectivity index (χ1n) is 8.88. The maximum Gasteiger partial charge on any atom is 0.355 e. The van der Waals surface area contributed by atoms with E-state index in [1.807, 2.05) is 0 Å². The summed E-state index contributed by atoms with van der Waals surface area (Å²) in [6.45, 7) is 7.89. The lowest BCUT2D eigenvalue weighted by Crippen LogP contribution is -2.48. The van der Waals surface area contributed by atoms with Crippen molar-refractivity contribution in [1.82, 2.24) is 10.3 Å². The van der Waals surface area contributed by atoms with Gasteiger partial charge >= 0.3 is 11.9 Å². The van der Waals surface area contributed by atoms with Crippen LogP contribution >= 0.6 is 0 Å². The van der Waals surface area contributed by atoms with Gasteiger partial charge in [-0.3, -0.25) is 4.79 Å². The Morgan fingerprint density at radius 1 is 1.30 bits per heavy atom. The van der Waals surface area contributed by atoms with Crippen molar-refractivity contribution >= 4 is 17.8 Å². The third kappa shape index (κ3) is 4.67. The van der Waals surface area contributed by atoms with Gasteiger partial charge in [-0.2, -0.15) is 5.26 Å². The molecule has 0 unspecified atom stereocenters. The average Bonchev–Trinajstić information content (AvgIpc) is 3.38. The number of aromatic nitrogens is 1. The Hall–Kier alpha value is -2.82. The summed E-state index contributed by atoms with van der Waals surface area (Å²) in [5, 5.41) is 11.9. The quantitative estimate of drug-likeness (QED) is 0.704. The molecule has 8 nitrogen and oxygen atoms in total. The number of aromatic amines is 1. The molecule has 1 aliphatic carbocycles. The molecule has 0 aliphatic heterocycles. The number of nitriles is 1. The average molecular weight is 375 g/mol. The maximum absolute atomic E-state index is 12.3. The van der Waals surface area contributed by atoms with E-state index in [-0.39, 0.29) is 23.3 Å². The Bertz CT molecular complexity index is 801. The summed E-state index contributed by atoms with van der Waals surface area (Å²) < 4.78 is 10.2. The van der Waals surface area contributed by atoms with Gasteiger partial charge in [-0.15, -0.1) is 0 Å². The van der Waals surface area contributed by atoms with Gasteiger partial charge in [-0.25, -0.2) is 9.59 Å². The Balaban J connectivity index is 2.01. The lowest BCUT2D eigenvalue weighted by molar-refractivity contribution is -0.125. The van der Waals surface area contributed by atoms with Crippen LogP contribution in [0.25, 0.3) is 0 Å². The smallest absolute Gasteiger partial charge is 0.355 e. The van der Waals surface area contributed by atoms with Crippen LogP contribution in [-0.4, -0.2) is 41.1 Å². The third-order valence-corrected chi connectivity index (χ3v) is 4.55. The fourth-order valence-corrected chi connectivity index (χ4v) is 2.94. The summed E-state index contributed by atoms with van der Waals surface area (Å²) >= 11 is 0. The van der Waals surface area contributed by atoms with Crippen LogP contribution in [-0.2, 0) is 14.3 Å². The third-order valence-electron chi connectivity index (χ3n) is 4.55. The highest BCUT2D eigenvalue weighted by Gasteiger charge is 2.43. The Kier molecular flexibility index (Phi) is 5.94. The molecule has 1 aromatic heterocycles. The van der Waals surface area contributed by atoms with Crippen molar-refractivity contribution in [3.63, 3.8) is 0 Å². The maximum atomic E-state index is 12.3. The van der Waals surface area contributed by atoms with Crippen LogP contribution in [0.1, 0.15) is 65.7 Å². The number of ether oxygens (including phenoxy) is 2. The van der Waals surface area contributed by atoms with Crippen LogP contribution in [0.4, 0.5) is 0 Å². The summed E-state index contributed by atoms with van der Waals surface area (Å²) in [7, 11) is 0. The predicted octanol–water partition coefficient (Wildman–Crippen LogP) is 2.16. The minimum atomic E-state index is -0.948. The van der Waals surface area contributed by atoms with Crippen LogP contribution in [0, 0.1) is 31.1 Å². The van der Waals surface area contributed by atoms with Gasteiger partial charge in [0.2, 0.25) is 0 Å². The van der Waals surface area contributed by atoms with Crippen LogP contribution < -0.4 is 5.32 Å². The molecule has 0 spiro atoms. The molecule has 1 aromatic rings. The number of amides is 1. The second kappa shape index (κ2) is 7.82. The molecule has 27 heavy (non-hydrogen) atoms. The van der Waals surface area contributed by atoms with Crippen molar-refractivity contribution in [2.45, 2.75) is 59.1 Å². The summed E-state index contributed by atoms with van der Waals surface area (Å²) in [4.78, 5) is 39.3. The van der Waals surface area contributed by atoms with Crippen molar-refractivity contribution in [2.75, 3.05) is 6.61 Å². The van der Waals surface area contributed by atoms with E-state index in [4.69, 9.17) is 9.47 Å². The van der Waals surface area contributed by atoms with Gasteiger partial charge in [0.25, 0.3) is 5.91 Å². The standard InChI is InChI=1S/C19H25N3O5/c1-10(2)27-17(24)15-11(3)16(21-12(15)4)18(25)26-8-14(23)22-19(5,9-20)13-6-7-13/h10,13,21H,6-8H2,1-5H3,(H,22,23)/t19-/m0/s1. The highest BCUT2D eigenvalue weighted by Crippen LogP contribution is 2.39. The Morgan fingerprint density at radius 3 is 2.44 bits per heavy atom. The number of H-pyrrole nitrogens is 1. The molecule has 1 fully saturated rings. The van der Waals surface area contributed by atoms with E-state index in [9.17, 15) is 19.6 Å². The van der Waals surface area contributed by atoms with E-state index in [2.05, 4.69) is 16.4 Å². The molecule has 1 heterocycles. The number of carbonyl (C=O) groups is 3. The topological polar surface area (TPSA) is 121 Å². The normalized spacial score (nSPS) is 15.6.